The summed E-state index contributed by atoms with van der Waals surface area (Å²) in [6.45, 7) is 0.0259. The molecule has 2 aromatic rings. The lowest BCUT2D eigenvalue weighted by Crippen LogP contribution is -2.42. The van der Waals surface area contributed by atoms with E-state index in [0.717, 1.165) is 0 Å². The number of amides is 1. The van der Waals surface area contributed by atoms with Crippen molar-refractivity contribution in [3.05, 3.63) is 47.7 Å². The maximum Gasteiger partial charge on any atom is 0.335 e. The maximum atomic E-state index is 13.3. The van der Waals surface area contributed by atoms with Gasteiger partial charge in [0.05, 0.1) is 22.5 Å². The number of fused-ring (bicyclic) bond motifs is 1. The van der Waals surface area contributed by atoms with Crippen molar-refractivity contribution in [1.82, 2.24) is 15.4 Å². The molecule has 0 bridgehead atoms. The fraction of sp³-hybridized carbons (Fsp3) is 0.316. The molecule has 29 heavy (non-hydrogen) atoms. The van der Waals surface area contributed by atoms with Crippen LogP contribution >= 0.6 is 0 Å². The number of carboxylic acids is 1. The predicted octanol–water partition coefficient (Wildman–Crippen LogP) is 2.66. The van der Waals surface area contributed by atoms with Crippen LogP contribution in [0.4, 0.5) is 26.0 Å². The Labute approximate surface area is 165 Å². The number of benzene rings is 1. The number of carbonyl (C=O) groups is 2. The number of hydrogen-bond acceptors (Lipinski definition) is 6. The van der Waals surface area contributed by atoms with Crippen LogP contribution in [-0.2, 0) is 0 Å². The number of anilines is 3. The van der Waals surface area contributed by atoms with E-state index >= 15 is 0 Å². The van der Waals surface area contributed by atoms with Crippen LogP contribution in [0.2, 0.25) is 0 Å². The molecule has 1 aromatic heterocycles. The summed E-state index contributed by atoms with van der Waals surface area (Å²) in [5.41, 5.74) is 4.88. The Balaban J connectivity index is 1.56. The van der Waals surface area contributed by atoms with Gasteiger partial charge in [0.1, 0.15) is 0 Å². The third kappa shape index (κ3) is 3.58. The number of nitrogens with zero attached hydrogens (tertiary/aromatic N) is 4. The molecule has 3 heterocycles. The first kappa shape index (κ1) is 19.1. The summed E-state index contributed by atoms with van der Waals surface area (Å²) in [5, 5.41) is 12.4. The Morgan fingerprint density at radius 2 is 1.79 bits per heavy atom. The number of hydrogen-bond donors (Lipinski definition) is 2. The minimum absolute atomic E-state index is 0.0130. The average Bonchev–Trinajstić information content (AvgIpc) is 3.03. The summed E-state index contributed by atoms with van der Waals surface area (Å²) in [7, 11) is 1.75. The van der Waals surface area contributed by atoms with Gasteiger partial charge in [-0.15, -0.1) is 5.53 Å². The number of pyridine rings is 1. The van der Waals surface area contributed by atoms with Crippen molar-refractivity contribution < 1.29 is 23.5 Å². The Kier molecular flexibility index (Phi) is 4.58. The largest absolute Gasteiger partial charge is 0.478 e. The van der Waals surface area contributed by atoms with Crippen LogP contribution < -0.4 is 15.6 Å². The molecule has 8 nitrogen and oxygen atoms in total. The molecule has 0 saturated carbocycles. The summed E-state index contributed by atoms with van der Waals surface area (Å²) in [5.74, 6) is -3.51. The van der Waals surface area contributed by atoms with Crippen molar-refractivity contribution in [3.8, 4) is 0 Å². The first-order valence-corrected chi connectivity index (χ1v) is 9.06. The zero-order valence-corrected chi connectivity index (χ0v) is 15.6. The number of rotatable bonds is 3. The number of likely N-dealkylation sites (tertiary alicyclic amines) is 1. The van der Waals surface area contributed by atoms with Crippen LogP contribution in [0.3, 0.4) is 0 Å². The van der Waals surface area contributed by atoms with E-state index in [4.69, 9.17) is 5.11 Å². The van der Waals surface area contributed by atoms with Crippen LogP contribution in [0, 0.1) is 0 Å². The van der Waals surface area contributed by atoms with E-state index in [1.807, 2.05) is 0 Å². The topological polar surface area (TPSA) is 89.0 Å². The molecule has 0 radical (unpaired) electrons. The van der Waals surface area contributed by atoms with Gasteiger partial charge >= 0.3 is 5.97 Å². The fourth-order valence-electron chi connectivity index (χ4n) is 3.39. The molecular formula is C19H19F2N5O3. The lowest BCUT2D eigenvalue weighted by Gasteiger charge is -2.31. The van der Waals surface area contributed by atoms with E-state index in [-0.39, 0.29) is 37.4 Å². The van der Waals surface area contributed by atoms with Gasteiger partial charge in [-0.3, -0.25) is 9.80 Å². The molecule has 0 spiro atoms. The molecule has 2 N–H and O–H groups in total. The third-order valence-corrected chi connectivity index (χ3v) is 5.07. The number of hydrazine groups is 2. The van der Waals surface area contributed by atoms with Crippen LogP contribution in [0.25, 0.3) is 0 Å². The van der Waals surface area contributed by atoms with Crippen LogP contribution in [-0.4, -0.2) is 52.9 Å². The summed E-state index contributed by atoms with van der Waals surface area (Å²) in [6, 6.07) is 7.93. The number of nitrogens with one attached hydrogen (secondary N) is 1. The molecule has 1 fully saturated rings. The molecule has 0 aliphatic carbocycles. The smallest absolute Gasteiger partial charge is 0.335 e. The number of piperidine rings is 1. The van der Waals surface area contributed by atoms with E-state index < -0.39 is 11.9 Å². The average molecular weight is 403 g/mol. The molecule has 2 aliphatic rings. The SMILES string of the molecule is CN1NN(c2ccc(C(=O)O)cc2)c2ncc(C(=O)N3CCC(F)(F)CC3)cc21. The van der Waals surface area contributed by atoms with E-state index in [1.165, 1.54) is 23.2 Å². The minimum Gasteiger partial charge on any atom is -0.478 e. The van der Waals surface area contributed by atoms with E-state index in [1.54, 1.807) is 35.3 Å². The van der Waals surface area contributed by atoms with Crippen molar-refractivity contribution in [3.63, 3.8) is 0 Å². The van der Waals surface area contributed by atoms with Gasteiger partial charge in [-0.2, -0.15) is 0 Å². The number of alkyl halides is 2. The standard InChI is InChI=1S/C19H19F2N5O3/c1-24-15-10-13(17(27)25-8-6-19(20,21)7-9-25)11-22-16(15)26(23-24)14-4-2-12(3-5-14)18(28)29/h2-5,10-11,23H,6-9H2,1H3,(H,28,29). The Hall–Kier alpha value is -3.27. The highest BCUT2D eigenvalue weighted by molar-refractivity contribution is 5.96. The van der Waals surface area contributed by atoms with Crippen LogP contribution in [0.5, 0.6) is 0 Å². The summed E-state index contributed by atoms with van der Waals surface area (Å²) >= 11 is 0. The van der Waals surface area contributed by atoms with E-state index in [2.05, 4.69) is 10.5 Å². The quantitative estimate of drug-likeness (QED) is 0.815. The highest BCUT2D eigenvalue weighted by Gasteiger charge is 2.36. The highest BCUT2D eigenvalue weighted by Crippen LogP contribution is 2.36. The van der Waals surface area contributed by atoms with Gasteiger partial charge in [0.25, 0.3) is 11.8 Å². The normalized spacial score (nSPS) is 18.0. The van der Waals surface area contributed by atoms with Gasteiger partial charge in [0, 0.05) is 39.2 Å². The van der Waals surface area contributed by atoms with Crippen molar-refractivity contribution in [2.24, 2.45) is 0 Å². The molecule has 1 aromatic carbocycles. The zero-order valence-electron chi connectivity index (χ0n) is 15.6. The van der Waals surface area contributed by atoms with Gasteiger partial charge in [0.15, 0.2) is 5.82 Å². The molecule has 4 rings (SSSR count). The molecule has 1 amide bonds. The van der Waals surface area contributed by atoms with Gasteiger partial charge in [-0.05, 0) is 30.3 Å². The second-order valence-electron chi connectivity index (χ2n) is 7.06. The zero-order chi connectivity index (χ0) is 20.8. The minimum atomic E-state index is -2.71. The fourth-order valence-corrected chi connectivity index (χ4v) is 3.39. The van der Waals surface area contributed by atoms with Crippen molar-refractivity contribution in [2.75, 3.05) is 30.2 Å². The first-order valence-electron chi connectivity index (χ1n) is 9.06. The van der Waals surface area contributed by atoms with Crippen LogP contribution in [0.1, 0.15) is 33.6 Å². The summed E-state index contributed by atoms with van der Waals surface area (Å²) in [6.07, 6.45) is 0.755. The maximum absolute atomic E-state index is 13.3. The predicted molar refractivity (Wildman–Crippen MR) is 101 cm³/mol. The Morgan fingerprint density at radius 1 is 1.14 bits per heavy atom. The second kappa shape index (κ2) is 6.96. The molecule has 1 saturated heterocycles. The molecule has 0 atom stereocenters. The summed E-state index contributed by atoms with van der Waals surface area (Å²) < 4.78 is 26.7. The monoisotopic (exact) mass is 403 g/mol. The molecule has 0 unspecified atom stereocenters. The number of carboxylic acid groups (broad SMARTS) is 1. The first-order chi connectivity index (χ1) is 13.7. The van der Waals surface area contributed by atoms with Crippen molar-refractivity contribution >= 4 is 29.1 Å². The molecule has 152 valence electrons. The second-order valence-corrected chi connectivity index (χ2v) is 7.06. The lowest BCUT2D eigenvalue weighted by atomic mass is 10.1. The number of carbonyl (C=O) groups excluding carboxylic acids is 1. The van der Waals surface area contributed by atoms with Gasteiger partial charge in [0.2, 0.25) is 0 Å². The molecular weight excluding hydrogens is 384 g/mol. The number of aromatic nitrogens is 1. The van der Waals surface area contributed by atoms with E-state index in [9.17, 15) is 18.4 Å². The third-order valence-electron chi connectivity index (χ3n) is 5.07. The Morgan fingerprint density at radius 3 is 2.41 bits per heavy atom. The van der Waals surface area contributed by atoms with Gasteiger partial charge < -0.3 is 10.0 Å². The Bertz CT molecular complexity index is 957. The number of halogens is 2. The van der Waals surface area contributed by atoms with Crippen molar-refractivity contribution in [1.29, 1.82) is 0 Å². The highest BCUT2D eigenvalue weighted by atomic mass is 19.3. The summed E-state index contributed by atoms with van der Waals surface area (Å²) in [4.78, 5) is 29.5. The van der Waals surface area contributed by atoms with Crippen LogP contribution in [0.15, 0.2) is 36.5 Å². The molecule has 10 heteroatoms. The van der Waals surface area contributed by atoms with Gasteiger partial charge in [-0.25, -0.2) is 23.6 Å². The number of aromatic carboxylic acids is 1. The van der Waals surface area contributed by atoms with Gasteiger partial charge in [-0.1, -0.05) is 0 Å². The molecule has 2 aliphatic heterocycles. The van der Waals surface area contributed by atoms with Crippen molar-refractivity contribution in [2.45, 2.75) is 18.8 Å². The van der Waals surface area contributed by atoms with E-state index in [0.29, 0.717) is 22.8 Å². The lowest BCUT2D eigenvalue weighted by molar-refractivity contribution is -0.0494.